The Hall–Kier alpha value is -1.32. The number of benzene rings is 1. The molecule has 0 fully saturated rings. The van der Waals surface area contributed by atoms with Gasteiger partial charge in [0.2, 0.25) is 0 Å². The lowest BCUT2D eigenvalue weighted by Gasteiger charge is -2.21. The topological polar surface area (TPSA) is 29.3 Å². The zero-order valence-electron chi connectivity index (χ0n) is 11.5. The Labute approximate surface area is 119 Å². The third-order valence-corrected chi connectivity index (χ3v) is 4.09. The van der Waals surface area contributed by atoms with Crippen LogP contribution in [0.1, 0.15) is 23.8 Å². The first-order chi connectivity index (χ1) is 9.28. The van der Waals surface area contributed by atoms with Crippen LogP contribution in [0.25, 0.3) is 0 Å². The monoisotopic (exact) mass is 274 g/mol. The quantitative estimate of drug-likeness (QED) is 0.778. The van der Waals surface area contributed by atoms with E-state index in [0.717, 1.165) is 31.7 Å². The lowest BCUT2D eigenvalue weighted by molar-refractivity contribution is 0.270. The van der Waals surface area contributed by atoms with Crippen LogP contribution < -0.4 is 5.73 Å². The smallest absolute Gasteiger partial charge is 0.0317 e. The molecule has 2 rings (SSSR count). The normalized spacial score (nSPS) is 11.1. The van der Waals surface area contributed by atoms with Crippen molar-refractivity contribution in [2.75, 3.05) is 18.8 Å². The number of hydrogen-bond donors (Lipinski definition) is 1. The molecule has 19 heavy (non-hydrogen) atoms. The van der Waals surface area contributed by atoms with E-state index in [1.807, 2.05) is 23.5 Å². The Morgan fingerprint density at radius 2 is 2.05 bits per heavy atom. The molecule has 0 aliphatic rings. The third kappa shape index (κ3) is 4.69. The Balaban J connectivity index is 1.91. The van der Waals surface area contributed by atoms with E-state index in [2.05, 4.69) is 41.5 Å². The van der Waals surface area contributed by atoms with Crippen molar-refractivity contribution in [1.82, 2.24) is 4.90 Å². The highest BCUT2D eigenvalue weighted by Crippen LogP contribution is 2.13. The summed E-state index contributed by atoms with van der Waals surface area (Å²) in [6, 6.07) is 12.6. The maximum Gasteiger partial charge on any atom is 0.0317 e. The molecule has 0 bridgehead atoms. The fraction of sp³-hybridized carbons (Fsp3) is 0.375. The highest BCUT2D eigenvalue weighted by molar-refractivity contribution is 7.09. The number of nitrogens with two attached hydrogens (primary N) is 1. The van der Waals surface area contributed by atoms with Crippen LogP contribution in [0.2, 0.25) is 0 Å². The molecule has 0 spiro atoms. The summed E-state index contributed by atoms with van der Waals surface area (Å²) in [7, 11) is 0. The standard InChI is InChI=1S/C16H22N2S/c1-2-9-18(10-8-16-7-4-11-19-16)13-14-5-3-6-15(17)12-14/h3-7,11-12H,2,8-10,13,17H2,1H3. The summed E-state index contributed by atoms with van der Waals surface area (Å²) in [5.74, 6) is 0. The first-order valence-electron chi connectivity index (χ1n) is 6.87. The highest BCUT2D eigenvalue weighted by Gasteiger charge is 2.06. The van der Waals surface area contributed by atoms with E-state index in [9.17, 15) is 0 Å². The van der Waals surface area contributed by atoms with Crippen LogP contribution in [0.5, 0.6) is 0 Å². The van der Waals surface area contributed by atoms with Crippen LogP contribution in [-0.4, -0.2) is 18.0 Å². The number of nitrogen functional groups attached to an aromatic ring is 1. The highest BCUT2D eigenvalue weighted by atomic mass is 32.1. The summed E-state index contributed by atoms with van der Waals surface area (Å²) >= 11 is 1.85. The van der Waals surface area contributed by atoms with Gasteiger partial charge in [0.25, 0.3) is 0 Å². The van der Waals surface area contributed by atoms with Gasteiger partial charge in [-0.2, -0.15) is 0 Å². The lowest BCUT2D eigenvalue weighted by atomic mass is 10.2. The second-order valence-corrected chi connectivity index (χ2v) is 5.88. The molecular weight excluding hydrogens is 252 g/mol. The fourth-order valence-corrected chi connectivity index (χ4v) is 2.96. The molecule has 102 valence electrons. The number of thiophene rings is 1. The molecule has 0 amide bonds. The van der Waals surface area contributed by atoms with Crippen molar-refractivity contribution in [2.45, 2.75) is 26.3 Å². The maximum absolute atomic E-state index is 5.84. The zero-order valence-corrected chi connectivity index (χ0v) is 12.3. The van der Waals surface area contributed by atoms with Crippen molar-refractivity contribution < 1.29 is 0 Å². The maximum atomic E-state index is 5.84. The molecule has 0 saturated heterocycles. The minimum Gasteiger partial charge on any atom is -0.399 e. The van der Waals surface area contributed by atoms with E-state index in [-0.39, 0.29) is 0 Å². The summed E-state index contributed by atoms with van der Waals surface area (Å²) < 4.78 is 0. The van der Waals surface area contributed by atoms with Crippen LogP contribution >= 0.6 is 11.3 Å². The second kappa shape index (κ2) is 7.31. The van der Waals surface area contributed by atoms with Gasteiger partial charge in [0.1, 0.15) is 0 Å². The summed E-state index contributed by atoms with van der Waals surface area (Å²) in [4.78, 5) is 3.97. The van der Waals surface area contributed by atoms with Gasteiger partial charge in [0.05, 0.1) is 0 Å². The summed E-state index contributed by atoms with van der Waals surface area (Å²) in [5, 5.41) is 2.15. The van der Waals surface area contributed by atoms with Gasteiger partial charge in [0, 0.05) is 23.7 Å². The first-order valence-corrected chi connectivity index (χ1v) is 7.75. The first kappa shape index (κ1) is 14.1. The average Bonchev–Trinajstić information content (AvgIpc) is 2.89. The van der Waals surface area contributed by atoms with Crippen molar-refractivity contribution in [3.63, 3.8) is 0 Å². The Kier molecular flexibility index (Phi) is 5.43. The number of rotatable bonds is 7. The predicted molar refractivity (Wildman–Crippen MR) is 84.4 cm³/mol. The molecule has 2 aromatic rings. The van der Waals surface area contributed by atoms with Crippen LogP contribution in [0.3, 0.4) is 0 Å². The molecule has 1 aromatic carbocycles. The average molecular weight is 274 g/mol. The van der Waals surface area contributed by atoms with Crippen molar-refractivity contribution in [2.24, 2.45) is 0 Å². The van der Waals surface area contributed by atoms with Crippen molar-refractivity contribution in [3.05, 3.63) is 52.2 Å². The van der Waals surface area contributed by atoms with Gasteiger partial charge in [-0.3, -0.25) is 4.90 Å². The van der Waals surface area contributed by atoms with Crippen molar-refractivity contribution in [1.29, 1.82) is 0 Å². The summed E-state index contributed by atoms with van der Waals surface area (Å²) in [5.41, 5.74) is 8.00. The van der Waals surface area contributed by atoms with Crippen molar-refractivity contribution >= 4 is 17.0 Å². The third-order valence-electron chi connectivity index (χ3n) is 3.15. The van der Waals surface area contributed by atoms with Gasteiger partial charge < -0.3 is 5.73 Å². The molecule has 2 nitrogen and oxygen atoms in total. The van der Waals surface area contributed by atoms with Crippen molar-refractivity contribution in [3.8, 4) is 0 Å². The SMILES string of the molecule is CCCN(CCc1cccs1)Cc1cccc(N)c1. The molecule has 0 radical (unpaired) electrons. The van der Waals surface area contributed by atoms with E-state index in [0.29, 0.717) is 0 Å². The Bertz CT molecular complexity index is 479. The predicted octanol–water partition coefficient (Wildman–Crippen LogP) is 3.79. The molecule has 0 aliphatic heterocycles. The zero-order chi connectivity index (χ0) is 13.5. The van der Waals surface area contributed by atoms with Gasteiger partial charge in [-0.1, -0.05) is 25.1 Å². The van der Waals surface area contributed by atoms with Crippen LogP contribution in [0, 0.1) is 0 Å². The minimum atomic E-state index is 0.854. The number of anilines is 1. The van der Waals surface area contributed by atoms with Gasteiger partial charge in [-0.05, 0) is 48.5 Å². The van der Waals surface area contributed by atoms with Gasteiger partial charge in [-0.15, -0.1) is 11.3 Å². The second-order valence-electron chi connectivity index (χ2n) is 4.85. The van der Waals surface area contributed by atoms with Gasteiger partial charge in [-0.25, -0.2) is 0 Å². The number of nitrogens with zero attached hydrogens (tertiary/aromatic N) is 1. The summed E-state index contributed by atoms with van der Waals surface area (Å²) in [6.45, 7) is 5.48. The van der Waals surface area contributed by atoms with Gasteiger partial charge in [0.15, 0.2) is 0 Å². The van der Waals surface area contributed by atoms with Gasteiger partial charge >= 0.3 is 0 Å². The van der Waals surface area contributed by atoms with E-state index >= 15 is 0 Å². The van der Waals surface area contributed by atoms with E-state index < -0.39 is 0 Å². The van der Waals surface area contributed by atoms with Crippen LogP contribution in [0.4, 0.5) is 5.69 Å². The van der Waals surface area contributed by atoms with Crippen LogP contribution in [-0.2, 0) is 13.0 Å². The molecule has 1 heterocycles. The molecular formula is C16H22N2S. The molecule has 0 unspecified atom stereocenters. The Morgan fingerprint density at radius 3 is 2.74 bits per heavy atom. The van der Waals surface area contributed by atoms with E-state index in [1.165, 1.54) is 16.9 Å². The fourth-order valence-electron chi connectivity index (χ4n) is 2.26. The number of hydrogen-bond acceptors (Lipinski definition) is 3. The lowest BCUT2D eigenvalue weighted by Crippen LogP contribution is -2.26. The largest absolute Gasteiger partial charge is 0.399 e. The minimum absolute atomic E-state index is 0.854. The van der Waals surface area contributed by atoms with Crippen LogP contribution in [0.15, 0.2) is 41.8 Å². The molecule has 1 aromatic heterocycles. The van der Waals surface area contributed by atoms with E-state index in [1.54, 1.807) is 0 Å². The Morgan fingerprint density at radius 1 is 1.16 bits per heavy atom. The van der Waals surface area contributed by atoms with E-state index in [4.69, 9.17) is 5.73 Å². The summed E-state index contributed by atoms with van der Waals surface area (Å²) in [6.07, 6.45) is 2.33. The molecule has 2 N–H and O–H groups in total. The molecule has 0 atom stereocenters. The molecule has 0 aliphatic carbocycles. The molecule has 0 saturated carbocycles. The molecule has 3 heteroatoms.